The molecule has 3 rings (SSSR count). The molecule has 2 aliphatic rings. The van der Waals surface area contributed by atoms with Crippen molar-refractivity contribution in [1.82, 2.24) is 5.32 Å². The molecule has 1 unspecified atom stereocenters. The number of hydrogen-bond donors (Lipinski definition) is 2. The zero-order valence-electron chi connectivity index (χ0n) is 15.5. The molecule has 1 atom stereocenters. The maximum absolute atomic E-state index is 12.6. The molecule has 0 spiro atoms. The lowest BCUT2D eigenvalue weighted by atomic mass is 9.72. The summed E-state index contributed by atoms with van der Waals surface area (Å²) < 4.78 is 11.0. The van der Waals surface area contributed by atoms with Crippen LogP contribution < -0.4 is 11.1 Å². The monoisotopic (exact) mass is 382 g/mol. The van der Waals surface area contributed by atoms with Crippen LogP contribution in [-0.4, -0.2) is 44.9 Å². The van der Waals surface area contributed by atoms with Gasteiger partial charge in [0, 0.05) is 38.4 Å². The van der Waals surface area contributed by atoms with Gasteiger partial charge >= 0.3 is 0 Å². The normalized spacial score (nSPS) is 21.5. The molecule has 6 heteroatoms. The summed E-state index contributed by atoms with van der Waals surface area (Å²) in [5.41, 5.74) is 8.75. The number of amides is 1. The third kappa shape index (κ3) is 4.77. The second-order valence-electron chi connectivity index (χ2n) is 7.40. The van der Waals surface area contributed by atoms with E-state index in [4.69, 9.17) is 15.2 Å². The van der Waals surface area contributed by atoms with Crippen molar-refractivity contribution in [3.63, 3.8) is 0 Å². The molecule has 146 valence electrons. The number of hydrogen-bond acceptors (Lipinski definition) is 4. The minimum Gasteiger partial charge on any atom is -0.381 e. The number of ether oxygens (including phenoxy) is 2. The molecule has 1 aromatic carbocycles. The maximum atomic E-state index is 12.6. The molecular formula is C20H31ClN2O3. The van der Waals surface area contributed by atoms with Crippen molar-refractivity contribution < 1.29 is 14.3 Å². The lowest BCUT2D eigenvalue weighted by molar-refractivity contribution is -0.124. The largest absolute Gasteiger partial charge is 0.381 e. The number of carbonyl (C=O) groups excluding carboxylic acids is 1. The van der Waals surface area contributed by atoms with E-state index < -0.39 is 6.04 Å². The second-order valence-corrected chi connectivity index (χ2v) is 7.40. The Balaban J connectivity index is 0.00000243. The standard InChI is InChI=1S/C20H30N2O3.ClH/c1-15-4-2-3-5-17(15)20(8-12-25-13-9-20)14-22-19(23)18(21)16-6-10-24-11-7-16;/h2-5,16,18H,6-14,21H2,1H3,(H,22,23);1H. The van der Waals surface area contributed by atoms with Gasteiger partial charge in [-0.1, -0.05) is 24.3 Å². The van der Waals surface area contributed by atoms with Crippen molar-refractivity contribution in [2.75, 3.05) is 33.0 Å². The first-order chi connectivity index (χ1) is 12.1. The van der Waals surface area contributed by atoms with Gasteiger partial charge in [-0.05, 0) is 49.7 Å². The molecule has 1 amide bonds. The van der Waals surface area contributed by atoms with Crippen molar-refractivity contribution in [3.05, 3.63) is 35.4 Å². The Bertz CT molecular complexity index is 584. The summed E-state index contributed by atoms with van der Waals surface area (Å²) in [6.45, 7) is 5.64. The van der Waals surface area contributed by atoms with Gasteiger partial charge in [-0.3, -0.25) is 4.79 Å². The van der Waals surface area contributed by atoms with Gasteiger partial charge in [-0.25, -0.2) is 0 Å². The topological polar surface area (TPSA) is 73.6 Å². The molecule has 2 heterocycles. The minimum atomic E-state index is -0.447. The molecule has 2 fully saturated rings. The highest BCUT2D eigenvalue weighted by Crippen LogP contribution is 2.36. The van der Waals surface area contributed by atoms with Crippen LogP contribution in [0.25, 0.3) is 0 Å². The summed E-state index contributed by atoms with van der Waals surface area (Å²) >= 11 is 0. The maximum Gasteiger partial charge on any atom is 0.237 e. The molecule has 26 heavy (non-hydrogen) atoms. The molecule has 0 bridgehead atoms. The van der Waals surface area contributed by atoms with Crippen molar-refractivity contribution in [3.8, 4) is 0 Å². The van der Waals surface area contributed by atoms with Gasteiger partial charge in [-0.2, -0.15) is 0 Å². The molecule has 5 nitrogen and oxygen atoms in total. The van der Waals surface area contributed by atoms with Gasteiger partial charge in [0.2, 0.25) is 5.91 Å². The van der Waals surface area contributed by atoms with Crippen LogP contribution in [-0.2, 0) is 19.7 Å². The summed E-state index contributed by atoms with van der Waals surface area (Å²) in [5, 5.41) is 3.16. The number of benzene rings is 1. The van der Waals surface area contributed by atoms with E-state index in [1.54, 1.807) is 0 Å². The predicted molar refractivity (Wildman–Crippen MR) is 105 cm³/mol. The second kappa shape index (κ2) is 9.70. The molecule has 3 N–H and O–H groups in total. The first-order valence-electron chi connectivity index (χ1n) is 9.37. The predicted octanol–water partition coefficient (Wildman–Crippen LogP) is 2.34. The van der Waals surface area contributed by atoms with Crippen LogP contribution in [0.4, 0.5) is 0 Å². The molecular weight excluding hydrogens is 352 g/mol. The Labute approximate surface area is 162 Å². The van der Waals surface area contributed by atoms with Gasteiger partial charge in [0.25, 0.3) is 0 Å². The molecule has 0 aromatic heterocycles. The van der Waals surface area contributed by atoms with E-state index in [1.165, 1.54) is 11.1 Å². The van der Waals surface area contributed by atoms with E-state index in [0.29, 0.717) is 19.8 Å². The van der Waals surface area contributed by atoms with Crippen LogP contribution in [0.2, 0.25) is 0 Å². The van der Waals surface area contributed by atoms with Crippen molar-refractivity contribution in [2.45, 2.75) is 44.1 Å². The Morgan fingerprint density at radius 2 is 1.81 bits per heavy atom. The van der Waals surface area contributed by atoms with Crippen LogP contribution in [0.15, 0.2) is 24.3 Å². The number of halogens is 1. The van der Waals surface area contributed by atoms with E-state index in [2.05, 4.69) is 36.5 Å². The first kappa shape index (κ1) is 21.2. The molecule has 2 saturated heterocycles. The summed E-state index contributed by atoms with van der Waals surface area (Å²) in [6, 6.07) is 8.02. The number of rotatable bonds is 5. The van der Waals surface area contributed by atoms with Crippen LogP contribution in [0.3, 0.4) is 0 Å². The van der Waals surface area contributed by atoms with E-state index in [0.717, 1.165) is 38.9 Å². The summed E-state index contributed by atoms with van der Waals surface area (Å²) in [5.74, 6) is 0.184. The SMILES string of the molecule is Cc1ccccc1C1(CNC(=O)C(N)C2CCOCC2)CCOCC1.Cl. The average molecular weight is 383 g/mol. The molecule has 0 radical (unpaired) electrons. The summed E-state index contributed by atoms with van der Waals surface area (Å²) in [6.07, 6.45) is 3.58. The van der Waals surface area contributed by atoms with Gasteiger partial charge in [0.15, 0.2) is 0 Å². The fourth-order valence-electron chi connectivity index (χ4n) is 4.13. The van der Waals surface area contributed by atoms with Crippen molar-refractivity contribution in [2.24, 2.45) is 11.7 Å². The smallest absolute Gasteiger partial charge is 0.237 e. The molecule has 1 aromatic rings. The fraction of sp³-hybridized carbons (Fsp3) is 0.650. The highest BCUT2D eigenvalue weighted by atomic mass is 35.5. The summed E-state index contributed by atoms with van der Waals surface area (Å²) in [7, 11) is 0. The number of carbonyl (C=O) groups is 1. The minimum absolute atomic E-state index is 0. The molecule has 0 saturated carbocycles. The molecule has 0 aliphatic carbocycles. The Morgan fingerprint density at radius 3 is 2.46 bits per heavy atom. The Hall–Kier alpha value is -1.14. The zero-order valence-corrected chi connectivity index (χ0v) is 16.4. The van der Waals surface area contributed by atoms with E-state index in [1.807, 2.05) is 0 Å². The van der Waals surface area contributed by atoms with Gasteiger partial charge in [-0.15, -0.1) is 12.4 Å². The van der Waals surface area contributed by atoms with Gasteiger partial charge < -0.3 is 20.5 Å². The lowest BCUT2D eigenvalue weighted by Gasteiger charge is -2.39. The van der Waals surface area contributed by atoms with Crippen LogP contribution in [0.5, 0.6) is 0 Å². The number of nitrogens with one attached hydrogen (secondary N) is 1. The zero-order chi connectivity index (χ0) is 17.7. The van der Waals surface area contributed by atoms with E-state index >= 15 is 0 Å². The number of aryl methyl sites for hydroxylation is 1. The third-order valence-electron chi connectivity index (χ3n) is 5.84. The first-order valence-corrected chi connectivity index (χ1v) is 9.37. The van der Waals surface area contributed by atoms with E-state index in [-0.39, 0.29) is 29.6 Å². The Morgan fingerprint density at radius 1 is 1.19 bits per heavy atom. The van der Waals surface area contributed by atoms with Gasteiger partial charge in [0.1, 0.15) is 0 Å². The van der Waals surface area contributed by atoms with Crippen LogP contribution in [0.1, 0.15) is 36.8 Å². The number of nitrogens with two attached hydrogens (primary N) is 1. The van der Waals surface area contributed by atoms with Crippen molar-refractivity contribution in [1.29, 1.82) is 0 Å². The lowest BCUT2D eigenvalue weighted by Crippen LogP contribution is -2.51. The van der Waals surface area contributed by atoms with Gasteiger partial charge in [0.05, 0.1) is 6.04 Å². The Kier molecular flexibility index (Phi) is 7.89. The third-order valence-corrected chi connectivity index (χ3v) is 5.84. The van der Waals surface area contributed by atoms with Crippen LogP contribution >= 0.6 is 12.4 Å². The van der Waals surface area contributed by atoms with Crippen LogP contribution in [0, 0.1) is 12.8 Å². The quantitative estimate of drug-likeness (QED) is 0.819. The summed E-state index contributed by atoms with van der Waals surface area (Å²) in [4.78, 5) is 12.6. The highest BCUT2D eigenvalue weighted by Gasteiger charge is 2.36. The average Bonchev–Trinajstić information content (AvgIpc) is 2.67. The van der Waals surface area contributed by atoms with Crippen molar-refractivity contribution >= 4 is 18.3 Å². The molecule has 2 aliphatic heterocycles. The highest BCUT2D eigenvalue weighted by molar-refractivity contribution is 5.85. The fourth-order valence-corrected chi connectivity index (χ4v) is 4.13. The van der Waals surface area contributed by atoms with E-state index in [9.17, 15) is 4.79 Å².